The normalized spacial score (nSPS) is 24.9. The van der Waals surface area contributed by atoms with Crippen LogP contribution in [-0.2, 0) is 25.9 Å². The van der Waals surface area contributed by atoms with Gasteiger partial charge in [0.2, 0.25) is 0 Å². The highest BCUT2D eigenvalue weighted by Gasteiger charge is 2.68. The highest BCUT2D eigenvalue weighted by atomic mass is 16.7. The van der Waals surface area contributed by atoms with E-state index in [9.17, 15) is 19.5 Å². The highest BCUT2D eigenvalue weighted by Crippen LogP contribution is 2.65. The molecule has 12 heteroatoms. The van der Waals surface area contributed by atoms with E-state index in [-0.39, 0.29) is 64.9 Å². The number of carbonyl (C=O) groups excluding carboxylic acids is 2. The van der Waals surface area contributed by atoms with Gasteiger partial charge in [0.05, 0.1) is 24.8 Å². The summed E-state index contributed by atoms with van der Waals surface area (Å²) in [6, 6.07) is 7.94. The summed E-state index contributed by atoms with van der Waals surface area (Å²) in [7, 11) is 0.624. The maximum absolute atomic E-state index is 14.0. The second-order valence-corrected chi connectivity index (χ2v) is 14.7. The van der Waals surface area contributed by atoms with E-state index in [1.54, 1.807) is 24.3 Å². The monoisotopic (exact) mass is 650 g/mol. The van der Waals surface area contributed by atoms with E-state index < -0.39 is 36.5 Å². The van der Waals surface area contributed by atoms with Crippen molar-refractivity contribution < 1.29 is 43.0 Å². The van der Waals surface area contributed by atoms with E-state index in [4.69, 9.17) is 29.3 Å². The number of hydrogen-bond acceptors (Lipinski definition) is 9. The number of carbonyl (C=O) groups is 3. The Morgan fingerprint density at radius 1 is 1.13 bits per heavy atom. The van der Waals surface area contributed by atoms with Gasteiger partial charge in [-0.1, -0.05) is 40.7 Å². The van der Waals surface area contributed by atoms with Gasteiger partial charge in [0.15, 0.2) is 11.5 Å². The van der Waals surface area contributed by atoms with Crippen molar-refractivity contribution in [2.24, 2.45) is 23.0 Å². The van der Waals surface area contributed by atoms with Crippen molar-refractivity contribution in [1.29, 1.82) is 0 Å². The first-order valence-corrected chi connectivity index (χ1v) is 16.2. The van der Waals surface area contributed by atoms with E-state index in [0.29, 0.717) is 17.4 Å². The van der Waals surface area contributed by atoms with Gasteiger partial charge >= 0.3 is 19.1 Å². The fourth-order valence-electron chi connectivity index (χ4n) is 7.86. The number of methoxy groups -OCH3 is 1. The number of nitrogens with one attached hydrogen (secondary N) is 1. The van der Waals surface area contributed by atoms with Crippen LogP contribution in [-0.4, -0.2) is 68.0 Å². The summed E-state index contributed by atoms with van der Waals surface area (Å²) >= 11 is 0. The Bertz CT molecular complexity index is 1550. The van der Waals surface area contributed by atoms with Crippen LogP contribution in [0.2, 0.25) is 0 Å². The zero-order valence-corrected chi connectivity index (χ0v) is 28.6. The lowest BCUT2D eigenvalue weighted by Crippen LogP contribution is -2.65. The van der Waals surface area contributed by atoms with Crippen molar-refractivity contribution in [3.8, 4) is 17.2 Å². The van der Waals surface area contributed by atoms with Crippen molar-refractivity contribution >= 4 is 25.0 Å². The SMILES string of the molecule is COc1c(C(=O)O)ccc(C(C)(C)C)c1C[C@H](NC(=O)c1ccc(OCCN)c(OC(C)=O)c1)B1OC2CC3CC(C3(C)C)C2(C)O1. The summed E-state index contributed by atoms with van der Waals surface area (Å²) in [5.74, 6) is -1.46. The second-order valence-electron chi connectivity index (χ2n) is 14.7. The van der Waals surface area contributed by atoms with E-state index in [2.05, 4.69) is 26.1 Å². The summed E-state index contributed by atoms with van der Waals surface area (Å²) in [5, 5.41) is 13.2. The maximum atomic E-state index is 14.0. The van der Waals surface area contributed by atoms with Gasteiger partial charge in [0, 0.05) is 24.6 Å². The Balaban J connectivity index is 1.54. The molecule has 1 saturated heterocycles. The standard InChI is InChI=1S/C35H47BN2O9/c1-19(39)45-26-15-20(9-12-25(26)44-14-13-37)31(40)38-29(36-46-28-17-21-16-27(34(21,5)6)35(28,7)47-36)18-23-24(33(2,3)4)11-10-22(32(41)42)30(23)43-8/h9-12,15,21,27-29H,13-14,16-18,37H2,1-8H3,(H,38,40)(H,41,42)/t21?,27?,28?,29-,35?/m0/s1. The molecule has 4 N–H and O–H groups in total. The molecule has 2 aromatic carbocycles. The van der Waals surface area contributed by atoms with Gasteiger partial charge in [-0.05, 0) is 78.7 Å². The summed E-state index contributed by atoms with van der Waals surface area (Å²) in [4.78, 5) is 38.1. The molecule has 2 bridgehead atoms. The smallest absolute Gasteiger partial charge is 0.482 e. The molecule has 3 aliphatic carbocycles. The Morgan fingerprint density at radius 3 is 2.45 bits per heavy atom. The van der Waals surface area contributed by atoms with E-state index >= 15 is 0 Å². The maximum Gasteiger partial charge on any atom is 0.482 e. The third-order valence-corrected chi connectivity index (χ3v) is 10.4. The molecular formula is C35H47BN2O9. The molecule has 0 spiro atoms. The first-order chi connectivity index (χ1) is 22.0. The largest absolute Gasteiger partial charge is 0.496 e. The Hall–Kier alpha value is -3.61. The quantitative estimate of drug-likeness (QED) is 0.179. The molecule has 1 heterocycles. The van der Waals surface area contributed by atoms with E-state index in [0.717, 1.165) is 18.4 Å². The van der Waals surface area contributed by atoms with Gasteiger partial charge in [0.25, 0.3) is 5.91 Å². The van der Waals surface area contributed by atoms with Crippen molar-refractivity contribution in [1.82, 2.24) is 5.32 Å². The minimum Gasteiger partial charge on any atom is -0.496 e. The molecule has 11 nitrogen and oxygen atoms in total. The molecule has 1 amide bonds. The van der Waals surface area contributed by atoms with Crippen LogP contribution in [0.5, 0.6) is 17.2 Å². The molecule has 1 aliphatic heterocycles. The molecule has 0 radical (unpaired) electrons. The number of benzene rings is 2. The lowest BCUT2D eigenvalue weighted by Gasteiger charge is -2.64. The fraction of sp³-hybridized carbons (Fsp3) is 0.571. The number of carboxylic acid groups (broad SMARTS) is 1. The number of ether oxygens (including phenoxy) is 3. The van der Waals surface area contributed by atoms with Gasteiger partial charge in [-0.25, -0.2) is 4.79 Å². The predicted molar refractivity (Wildman–Crippen MR) is 176 cm³/mol. The van der Waals surface area contributed by atoms with Crippen LogP contribution in [0.4, 0.5) is 0 Å². The van der Waals surface area contributed by atoms with Crippen molar-refractivity contribution in [2.45, 2.75) is 90.8 Å². The summed E-state index contributed by atoms with van der Waals surface area (Å²) in [6.07, 6.45) is 1.95. The first-order valence-electron chi connectivity index (χ1n) is 16.2. The van der Waals surface area contributed by atoms with Crippen LogP contribution in [0.15, 0.2) is 30.3 Å². The Kier molecular flexibility index (Phi) is 9.44. The van der Waals surface area contributed by atoms with Crippen molar-refractivity contribution in [2.75, 3.05) is 20.3 Å². The van der Waals surface area contributed by atoms with Gasteiger partial charge in [-0.2, -0.15) is 0 Å². The van der Waals surface area contributed by atoms with Crippen LogP contribution in [0.1, 0.15) is 93.2 Å². The predicted octanol–water partition coefficient (Wildman–Crippen LogP) is 4.56. The second kappa shape index (κ2) is 12.8. The van der Waals surface area contributed by atoms with Crippen LogP contribution >= 0.6 is 0 Å². The van der Waals surface area contributed by atoms with Crippen molar-refractivity contribution in [3.63, 3.8) is 0 Å². The number of amides is 1. The fourth-order valence-corrected chi connectivity index (χ4v) is 7.86. The number of carboxylic acids is 1. The van der Waals surface area contributed by atoms with Crippen LogP contribution in [0.3, 0.4) is 0 Å². The Morgan fingerprint density at radius 2 is 1.85 bits per heavy atom. The van der Waals surface area contributed by atoms with Gasteiger partial charge in [0.1, 0.15) is 17.9 Å². The number of rotatable bonds is 11. The third-order valence-electron chi connectivity index (χ3n) is 10.4. The van der Waals surface area contributed by atoms with Crippen LogP contribution in [0, 0.1) is 17.3 Å². The molecule has 2 aromatic rings. The zero-order valence-electron chi connectivity index (χ0n) is 28.6. The molecule has 6 rings (SSSR count). The minimum absolute atomic E-state index is 0.0242. The molecule has 4 unspecified atom stereocenters. The Labute approximate surface area is 276 Å². The molecule has 4 aliphatic rings. The van der Waals surface area contributed by atoms with Gasteiger partial charge in [-0.15, -0.1) is 0 Å². The van der Waals surface area contributed by atoms with Gasteiger partial charge in [-0.3, -0.25) is 9.59 Å². The van der Waals surface area contributed by atoms with Crippen molar-refractivity contribution in [3.05, 3.63) is 52.6 Å². The molecule has 5 atom stereocenters. The van der Waals surface area contributed by atoms with E-state index in [1.165, 1.54) is 20.1 Å². The first kappa shape index (κ1) is 34.7. The van der Waals surface area contributed by atoms with E-state index in [1.807, 2.05) is 20.8 Å². The summed E-state index contributed by atoms with van der Waals surface area (Å²) in [5.41, 5.74) is 6.54. The average molecular weight is 651 g/mol. The molecule has 47 heavy (non-hydrogen) atoms. The number of aromatic carboxylic acids is 1. The molecule has 4 fully saturated rings. The molecule has 0 aromatic heterocycles. The lowest BCUT2D eigenvalue weighted by molar-refractivity contribution is -0.199. The number of hydrogen-bond donors (Lipinski definition) is 3. The summed E-state index contributed by atoms with van der Waals surface area (Å²) < 4.78 is 30.2. The average Bonchev–Trinajstić information content (AvgIpc) is 3.36. The zero-order chi connectivity index (χ0) is 34.5. The van der Waals surface area contributed by atoms with Gasteiger partial charge < -0.3 is 39.7 Å². The highest BCUT2D eigenvalue weighted by molar-refractivity contribution is 6.48. The molecule has 254 valence electrons. The molecular weight excluding hydrogens is 603 g/mol. The van der Waals surface area contributed by atoms with Crippen LogP contribution in [0.25, 0.3) is 0 Å². The topological polar surface area (TPSA) is 156 Å². The third kappa shape index (κ3) is 6.47. The number of esters is 1. The minimum atomic E-state index is -1.12. The lowest BCUT2D eigenvalue weighted by atomic mass is 9.43. The molecule has 3 saturated carbocycles. The number of nitrogens with two attached hydrogens (primary N) is 1. The summed E-state index contributed by atoms with van der Waals surface area (Å²) in [6.45, 7) is 14.5. The van der Waals surface area contributed by atoms with Crippen LogP contribution < -0.4 is 25.3 Å².